The Balaban J connectivity index is 1.52. The van der Waals surface area contributed by atoms with Crippen molar-refractivity contribution in [1.82, 2.24) is 4.90 Å². The molecule has 9 heteroatoms. The SMILES string of the molecule is COCCOc1ccc(C2=NC3(CCCCC3)N(CC(=O)Nc3ccc(F)c(F)c3)C2=O)cc1. The minimum Gasteiger partial charge on any atom is -0.491 e. The van der Waals surface area contributed by atoms with Crippen LogP contribution in [-0.2, 0) is 14.3 Å². The second-order valence-electron chi connectivity index (χ2n) is 8.44. The lowest BCUT2D eigenvalue weighted by Crippen LogP contribution is -2.51. The van der Waals surface area contributed by atoms with Crippen molar-refractivity contribution in [2.45, 2.75) is 37.8 Å². The van der Waals surface area contributed by atoms with Crippen LogP contribution in [0.3, 0.4) is 0 Å². The number of carbonyl (C=O) groups is 2. The molecule has 2 aromatic carbocycles. The lowest BCUT2D eigenvalue weighted by atomic mass is 9.88. The van der Waals surface area contributed by atoms with Crippen molar-refractivity contribution in [1.29, 1.82) is 0 Å². The molecule has 1 heterocycles. The third-order valence-corrected chi connectivity index (χ3v) is 6.11. The minimum atomic E-state index is -1.06. The Morgan fingerprint density at radius 3 is 2.47 bits per heavy atom. The Morgan fingerprint density at radius 1 is 1.06 bits per heavy atom. The Hall–Kier alpha value is -3.33. The molecule has 2 amide bonds. The molecule has 1 aliphatic carbocycles. The van der Waals surface area contributed by atoms with E-state index in [1.165, 1.54) is 11.0 Å². The topological polar surface area (TPSA) is 80.2 Å². The van der Waals surface area contributed by atoms with Crippen molar-refractivity contribution in [3.8, 4) is 5.75 Å². The van der Waals surface area contributed by atoms with Crippen LogP contribution in [0.4, 0.5) is 14.5 Å². The predicted molar refractivity (Wildman–Crippen MR) is 123 cm³/mol. The highest BCUT2D eigenvalue weighted by Crippen LogP contribution is 2.39. The fourth-order valence-corrected chi connectivity index (χ4v) is 4.41. The number of methoxy groups -OCH3 is 1. The fourth-order valence-electron chi connectivity index (χ4n) is 4.41. The first-order valence-electron chi connectivity index (χ1n) is 11.3. The molecule has 0 bridgehead atoms. The molecule has 7 nitrogen and oxygen atoms in total. The molecule has 0 radical (unpaired) electrons. The molecular formula is C25H27F2N3O4. The largest absolute Gasteiger partial charge is 0.491 e. The molecule has 1 aliphatic heterocycles. The Morgan fingerprint density at radius 2 is 1.79 bits per heavy atom. The molecule has 0 saturated heterocycles. The summed E-state index contributed by atoms with van der Waals surface area (Å²) in [6, 6.07) is 10.2. The summed E-state index contributed by atoms with van der Waals surface area (Å²) in [4.78, 5) is 32.5. The smallest absolute Gasteiger partial charge is 0.275 e. The normalized spacial score (nSPS) is 17.1. The Bertz CT molecular complexity index is 1080. The second kappa shape index (κ2) is 10.3. The molecule has 34 heavy (non-hydrogen) atoms. The van der Waals surface area contributed by atoms with Crippen LogP contribution in [0.2, 0.25) is 0 Å². The molecule has 1 spiro atoms. The van der Waals surface area contributed by atoms with Crippen LogP contribution in [0.5, 0.6) is 5.75 Å². The molecule has 0 aromatic heterocycles. The van der Waals surface area contributed by atoms with Crippen molar-refractivity contribution >= 4 is 23.2 Å². The van der Waals surface area contributed by atoms with Gasteiger partial charge in [-0.3, -0.25) is 14.6 Å². The maximum absolute atomic E-state index is 13.5. The summed E-state index contributed by atoms with van der Waals surface area (Å²) >= 11 is 0. The molecule has 1 fully saturated rings. The van der Waals surface area contributed by atoms with Crippen LogP contribution in [0.15, 0.2) is 47.5 Å². The Kier molecular flexibility index (Phi) is 7.21. The zero-order chi connectivity index (χ0) is 24.1. The van der Waals surface area contributed by atoms with Gasteiger partial charge in [-0.1, -0.05) is 6.42 Å². The number of nitrogens with one attached hydrogen (secondary N) is 1. The van der Waals surface area contributed by atoms with Crippen LogP contribution in [0.25, 0.3) is 0 Å². The average molecular weight is 472 g/mol. The molecule has 1 saturated carbocycles. The van der Waals surface area contributed by atoms with Crippen molar-refractivity contribution in [2.24, 2.45) is 4.99 Å². The number of aliphatic imine (C=N–C) groups is 1. The van der Waals surface area contributed by atoms with E-state index in [-0.39, 0.29) is 18.1 Å². The Labute approximate surface area is 196 Å². The fraction of sp³-hybridized carbons (Fsp3) is 0.400. The third-order valence-electron chi connectivity index (χ3n) is 6.11. The number of ether oxygens (including phenoxy) is 2. The quantitative estimate of drug-likeness (QED) is 0.592. The number of rotatable bonds is 8. The standard InChI is InChI=1S/C25H27F2N3O4/c1-33-13-14-34-19-8-5-17(6-9-19)23-24(32)30(25(29-23)11-3-2-4-12-25)16-22(31)28-18-7-10-20(26)21(27)15-18/h5-10,15H,2-4,11-14,16H2,1H3,(H,28,31). The number of halogens is 2. The van der Waals surface area contributed by atoms with E-state index in [4.69, 9.17) is 14.5 Å². The summed E-state index contributed by atoms with van der Waals surface area (Å²) in [7, 11) is 1.60. The highest BCUT2D eigenvalue weighted by molar-refractivity contribution is 6.47. The van der Waals surface area contributed by atoms with Crippen LogP contribution in [0, 0.1) is 11.6 Å². The van der Waals surface area contributed by atoms with E-state index in [1.54, 1.807) is 31.4 Å². The zero-order valence-corrected chi connectivity index (χ0v) is 19.0. The van der Waals surface area contributed by atoms with Gasteiger partial charge in [0.15, 0.2) is 11.6 Å². The summed E-state index contributed by atoms with van der Waals surface area (Å²) in [5, 5.41) is 2.55. The van der Waals surface area contributed by atoms with Crippen LogP contribution < -0.4 is 10.1 Å². The number of hydrogen-bond acceptors (Lipinski definition) is 5. The summed E-state index contributed by atoms with van der Waals surface area (Å²) in [5.74, 6) is -2.22. The van der Waals surface area contributed by atoms with Gasteiger partial charge in [0.2, 0.25) is 5.91 Å². The van der Waals surface area contributed by atoms with Crippen molar-refractivity contribution in [2.75, 3.05) is 32.2 Å². The summed E-state index contributed by atoms with van der Waals surface area (Å²) in [5.41, 5.74) is 0.311. The number of amides is 2. The van der Waals surface area contributed by atoms with E-state index in [0.29, 0.717) is 43.1 Å². The summed E-state index contributed by atoms with van der Waals surface area (Å²) in [6.45, 7) is 0.653. The maximum atomic E-state index is 13.5. The second-order valence-corrected chi connectivity index (χ2v) is 8.44. The predicted octanol–water partition coefficient (Wildman–Crippen LogP) is 3.92. The maximum Gasteiger partial charge on any atom is 0.275 e. The molecular weight excluding hydrogens is 444 g/mol. The average Bonchev–Trinajstić information content (AvgIpc) is 3.08. The lowest BCUT2D eigenvalue weighted by Gasteiger charge is -2.38. The molecule has 2 aliphatic rings. The van der Waals surface area contributed by atoms with Gasteiger partial charge in [0.25, 0.3) is 5.91 Å². The van der Waals surface area contributed by atoms with Crippen LogP contribution in [0.1, 0.15) is 37.7 Å². The molecule has 0 atom stereocenters. The summed E-state index contributed by atoms with van der Waals surface area (Å²) < 4.78 is 37.3. The van der Waals surface area contributed by atoms with Gasteiger partial charge in [-0.25, -0.2) is 8.78 Å². The van der Waals surface area contributed by atoms with E-state index < -0.39 is 23.2 Å². The highest BCUT2D eigenvalue weighted by atomic mass is 19.2. The number of hydrogen-bond donors (Lipinski definition) is 1. The number of carbonyl (C=O) groups excluding carboxylic acids is 2. The molecule has 0 unspecified atom stereocenters. The summed E-state index contributed by atoms with van der Waals surface area (Å²) in [6.07, 6.45) is 4.18. The first-order chi connectivity index (χ1) is 16.4. The van der Waals surface area contributed by atoms with Gasteiger partial charge in [0, 0.05) is 24.4 Å². The van der Waals surface area contributed by atoms with E-state index in [9.17, 15) is 18.4 Å². The number of anilines is 1. The van der Waals surface area contributed by atoms with Crippen molar-refractivity contribution < 1.29 is 27.8 Å². The van der Waals surface area contributed by atoms with Gasteiger partial charge in [-0.05, 0) is 62.1 Å². The van der Waals surface area contributed by atoms with Gasteiger partial charge in [-0.15, -0.1) is 0 Å². The van der Waals surface area contributed by atoms with E-state index in [0.717, 1.165) is 31.4 Å². The van der Waals surface area contributed by atoms with Crippen molar-refractivity contribution in [3.05, 3.63) is 59.7 Å². The highest BCUT2D eigenvalue weighted by Gasteiger charge is 2.48. The van der Waals surface area contributed by atoms with Gasteiger partial charge in [0.1, 0.15) is 30.3 Å². The van der Waals surface area contributed by atoms with E-state index in [2.05, 4.69) is 5.32 Å². The van der Waals surface area contributed by atoms with Crippen LogP contribution >= 0.6 is 0 Å². The zero-order valence-electron chi connectivity index (χ0n) is 19.0. The van der Waals surface area contributed by atoms with Crippen molar-refractivity contribution in [3.63, 3.8) is 0 Å². The van der Waals surface area contributed by atoms with Gasteiger partial charge < -0.3 is 19.7 Å². The van der Waals surface area contributed by atoms with Gasteiger partial charge in [0.05, 0.1) is 6.61 Å². The number of benzene rings is 2. The van der Waals surface area contributed by atoms with Gasteiger partial charge >= 0.3 is 0 Å². The third kappa shape index (κ3) is 5.09. The van der Waals surface area contributed by atoms with E-state index >= 15 is 0 Å². The molecule has 180 valence electrons. The minimum absolute atomic E-state index is 0.124. The lowest BCUT2D eigenvalue weighted by molar-refractivity contribution is -0.134. The first kappa shape index (κ1) is 23.8. The van der Waals surface area contributed by atoms with E-state index in [1.807, 2.05) is 0 Å². The number of nitrogens with zero attached hydrogens (tertiary/aromatic N) is 2. The van der Waals surface area contributed by atoms with Gasteiger partial charge in [-0.2, -0.15) is 0 Å². The monoisotopic (exact) mass is 471 g/mol. The molecule has 2 aromatic rings. The molecule has 1 N–H and O–H groups in total. The first-order valence-corrected chi connectivity index (χ1v) is 11.3. The molecule has 4 rings (SSSR count). The van der Waals surface area contributed by atoms with Crippen LogP contribution in [-0.4, -0.2) is 55.0 Å².